The monoisotopic (exact) mass is 280 g/mol. The third-order valence-corrected chi connectivity index (χ3v) is 3.53. The summed E-state index contributed by atoms with van der Waals surface area (Å²) in [5, 5.41) is 10.7. The van der Waals surface area contributed by atoms with Crippen molar-refractivity contribution in [2.24, 2.45) is 0 Å². The minimum Gasteiger partial charge on any atom is -0.396 e. The Morgan fingerprint density at radius 2 is 1.78 bits per heavy atom. The predicted octanol–water partition coefficient (Wildman–Crippen LogP) is 4.51. The summed E-state index contributed by atoms with van der Waals surface area (Å²) in [7, 11) is 0. The number of benzene rings is 2. The van der Waals surface area contributed by atoms with Gasteiger partial charge in [0.2, 0.25) is 0 Å². The molecule has 0 saturated carbocycles. The summed E-state index contributed by atoms with van der Waals surface area (Å²) in [4.78, 5) is 0. The first kappa shape index (κ1) is 13.4. The van der Waals surface area contributed by atoms with Crippen LogP contribution < -0.4 is 0 Å². The molecule has 0 aromatic heterocycles. The van der Waals surface area contributed by atoms with Crippen molar-refractivity contribution < 1.29 is 5.11 Å². The quantitative estimate of drug-likeness (QED) is 0.874. The van der Waals surface area contributed by atoms with E-state index in [1.807, 2.05) is 48.5 Å². The summed E-state index contributed by atoms with van der Waals surface area (Å²) in [5.41, 5.74) is 2.10. The summed E-state index contributed by atoms with van der Waals surface area (Å²) >= 11 is 12.3. The van der Waals surface area contributed by atoms with E-state index in [2.05, 4.69) is 0 Å². The molecule has 1 unspecified atom stereocenters. The molecule has 18 heavy (non-hydrogen) atoms. The lowest BCUT2D eigenvalue weighted by Crippen LogP contribution is -2.04. The Morgan fingerprint density at radius 3 is 2.44 bits per heavy atom. The summed E-state index contributed by atoms with van der Waals surface area (Å²) in [6, 6.07) is 15.4. The Labute approximate surface area is 117 Å². The van der Waals surface area contributed by atoms with Gasteiger partial charge in [0.25, 0.3) is 0 Å². The van der Waals surface area contributed by atoms with Crippen molar-refractivity contribution in [3.05, 3.63) is 69.7 Å². The molecule has 0 amide bonds. The van der Waals surface area contributed by atoms with Crippen molar-refractivity contribution in [2.75, 3.05) is 6.61 Å². The van der Waals surface area contributed by atoms with E-state index in [0.717, 1.165) is 16.1 Å². The first-order valence-corrected chi connectivity index (χ1v) is 6.58. The van der Waals surface area contributed by atoms with Crippen molar-refractivity contribution >= 4 is 23.2 Å². The molecule has 0 saturated heterocycles. The van der Waals surface area contributed by atoms with Gasteiger partial charge in [-0.1, -0.05) is 53.5 Å². The van der Waals surface area contributed by atoms with Crippen LogP contribution in [-0.2, 0) is 0 Å². The molecule has 0 heterocycles. The Hall–Kier alpha value is -1.02. The van der Waals surface area contributed by atoms with E-state index in [4.69, 9.17) is 23.2 Å². The summed E-state index contributed by atoms with van der Waals surface area (Å²) in [6.07, 6.45) is 0.629. The Balaban J connectivity index is 2.43. The summed E-state index contributed by atoms with van der Waals surface area (Å²) in [6.45, 7) is 0.113. The highest BCUT2D eigenvalue weighted by Gasteiger charge is 2.16. The van der Waals surface area contributed by atoms with E-state index in [1.165, 1.54) is 0 Å². The highest BCUT2D eigenvalue weighted by Crippen LogP contribution is 2.33. The van der Waals surface area contributed by atoms with E-state index in [0.29, 0.717) is 11.4 Å². The highest BCUT2D eigenvalue weighted by atomic mass is 35.5. The normalized spacial score (nSPS) is 12.4. The van der Waals surface area contributed by atoms with Gasteiger partial charge in [-0.3, -0.25) is 0 Å². The SMILES string of the molecule is OCCC(c1cccc(Cl)c1)c1ccccc1Cl. The van der Waals surface area contributed by atoms with Gasteiger partial charge >= 0.3 is 0 Å². The molecule has 0 radical (unpaired) electrons. The molecule has 0 aliphatic carbocycles. The van der Waals surface area contributed by atoms with Crippen LogP contribution in [-0.4, -0.2) is 11.7 Å². The number of aliphatic hydroxyl groups is 1. The minimum absolute atomic E-state index is 0.0717. The fraction of sp³-hybridized carbons (Fsp3) is 0.200. The number of hydrogen-bond donors (Lipinski definition) is 1. The van der Waals surface area contributed by atoms with Gasteiger partial charge in [0, 0.05) is 22.6 Å². The van der Waals surface area contributed by atoms with Crippen LogP contribution in [0.3, 0.4) is 0 Å². The van der Waals surface area contributed by atoms with E-state index in [-0.39, 0.29) is 12.5 Å². The molecular formula is C15H14Cl2O. The second-order valence-corrected chi connectivity index (χ2v) is 4.99. The number of rotatable bonds is 4. The van der Waals surface area contributed by atoms with Crippen molar-refractivity contribution in [3.63, 3.8) is 0 Å². The Kier molecular flexibility index (Phi) is 4.65. The molecular weight excluding hydrogens is 267 g/mol. The summed E-state index contributed by atoms with van der Waals surface area (Å²) in [5.74, 6) is 0.0717. The first-order chi connectivity index (χ1) is 8.72. The van der Waals surface area contributed by atoms with Gasteiger partial charge in [0.05, 0.1) is 0 Å². The highest BCUT2D eigenvalue weighted by molar-refractivity contribution is 6.31. The smallest absolute Gasteiger partial charge is 0.0444 e. The molecule has 2 aromatic carbocycles. The molecule has 1 N–H and O–H groups in total. The molecule has 0 aliphatic heterocycles. The maximum absolute atomic E-state index is 9.24. The van der Waals surface area contributed by atoms with Gasteiger partial charge < -0.3 is 5.11 Å². The largest absolute Gasteiger partial charge is 0.396 e. The van der Waals surface area contributed by atoms with Crippen LogP contribution >= 0.6 is 23.2 Å². The van der Waals surface area contributed by atoms with Crippen LogP contribution in [0.2, 0.25) is 10.0 Å². The van der Waals surface area contributed by atoms with Gasteiger partial charge in [-0.05, 0) is 35.7 Å². The van der Waals surface area contributed by atoms with Crippen LogP contribution in [0.5, 0.6) is 0 Å². The standard InChI is InChI=1S/C15H14Cl2O/c16-12-5-3-4-11(10-12)13(8-9-18)14-6-1-2-7-15(14)17/h1-7,10,13,18H,8-9H2. The molecule has 0 fully saturated rings. The second-order valence-electron chi connectivity index (χ2n) is 4.14. The molecule has 0 aliphatic rings. The molecule has 0 spiro atoms. The average Bonchev–Trinajstić information content (AvgIpc) is 2.37. The fourth-order valence-corrected chi connectivity index (χ4v) is 2.58. The van der Waals surface area contributed by atoms with Crippen LogP contribution in [0.15, 0.2) is 48.5 Å². The van der Waals surface area contributed by atoms with E-state index < -0.39 is 0 Å². The van der Waals surface area contributed by atoms with Crippen molar-refractivity contribution in [1.82, 2.24) is 0 Å². The van der Waals surface area contributed by atoms with E-state index >= 15 is 0 Å². The number of halogens is 2. The van der Waals surface area contributed by atoms with Crippen LogP contribution in [0.25, 0.3) is 0 Å². The van der Waals surface area contributed by atoms with Crippen molar-refractivity contribution in [1.29, 1.82) is 0 Å². The fourth-order valence-electron chi connectivity index (χ4n) is 2.11. The van der Waals surface area contributed by atoms with Crippen LogP contribution in [0, 0.1) is 0 Å². The molecule has 2 aromatic rings. The Morgan fingerprint density at radius 1 is 1.00 bits per heavy atom. The Bertz CT molecular complexity index is 525. The first-order valence-electron chi connectivity index (χ1n) is 5.83. The zero-order valence-electron chi connectivity index (χ0n) is 9.81. The van der Waals surface area contributed by atoms with Crippen LogP contribution in [0.4, 0.5) is 0 Å². The predicted molar refractivity (Wildman–Crippen MR) is 76.4 cm³/mol. The lowest BCUT2D eigenvalue weighted by Gasteiger charge is -2.18. The zero-order valence-corrected chi connectivity index (χ0v) is 11.3. The third kappa shape index (κ3) is 3.05. The van der Waals surface area contributed by atoms with Gasteiger partial charge in [0.1, 0.15) is 0 Å². The van der Waals surface area contributed by atoms with Crippen LogP contribution in [0.1, 0.15) is 23.5 Å². The zero-order chi connectivity index (χ0) is 13.0. The third-order valence-electron chi connectivity index (χ3n) is 2.95. The number of aliphatic hydroxyl groups excluding tert-OH is 1. The second kappa shape index (κ2) is 6.24. The molecule has 3 heteroatoms. The summed E-state index contributed by atoms with van der Waals surface area (Å²) < 4.78 is 0. The van der Waals surface area contributed by atoms with Gasteiger partial charge in [0.15, 0.2) is 0 Å². The molecule has 0 bridgehead atoms. The minimum atomic E-state index is 0.0717. The van der Waals surface area contributed by atoms with Crippen molar-refractivity contribution in [2.45, 2.75) is 12.3 Å². The van der Waals surface area contributed by atoms with E-state index in [9.17, 15) is 5.11 Å². The van der Waals surface area contributed by atoms with Gasteiger partial charge in [-0.2, -0.15) is 0 Å². The van der Waals surface area contributed by atoms with Gasteiger partial charge in [-0.15, -0.1) is 0 Å². The molecule has 94 valence electrons. The topological polar surface area (TPSA) is 20.2 Å². The molecule has 2 rings (SSSR count). The molecule has 1 atom stereocenters. The lowest BCUT2D eigenvalue weighted by atomic mass is 9.89. The van der Waals surface area contributed by atoms with Crippen molar-refractivity contribution in [3.8, 4) is 0 Å². The maximum atomic E-state index is 9.24. The van der Waals surface area contributed by atoms with Gasteiger partial charge in [-0.25, -0.2) is 0 Å². The van der Waals surface area contributed by atoms with E-state index in [1.54, 1.807) is 0 Å². The molecule has 1 nitrogen and oxygen atoms in total. The number of hydrogen-bond acceptors (Lipinski definition) is 1. The maximum Gasteiger partial charge on any atom is 0.0444 e. The average molecular weight is 281 g/mol. The lowest BCUT2D eigenvalue weighted by molar-refractivity contribution is 0.281.